The second kappa shape index (κ2) is 5.94. The molecule has 0 N–H and O–H groups in total. The molecule has 2 aromatic heterocycles. The van der Waals surface area contributed by atoms with Crippen molar-refractivity contribution in [2.45, 2.75) is 25.9 Å². The van der Waals surface area contributed by atoms with E-state index in [1.54, 1.807) is 11.3 Å². The minimum atomic E-state index is 0.504. The Bertz CT molecular complexity index is 425. The molecule has 2 nitrogen and oxygen atoms in total. The minimum absolute atomic E-state index is 0.504. The quantitative estimate of drug-likeness (QED) is 0.805. The number of nitrogens with zero attached hydrogens (tertiary/aromatic N) is 2. The molecular weight excluding hydrogens is 228 g/mol. The molecule has 0 bridgehead atoms. The summed E-state index contributed by atoms with van der Waals surface area (Å²) < 4.78 is 0. The van der Waals surface area contributed by atoms with Crippen LogP contribution in [0.4, 0.5) is 0 Å². The molecule has 0 aliphatic rings. The molecule has 0 unspecified atom stereocenters. The summed E-state index contributed by atoms with van der Waals surface area (Å²) >= 11 is 1.76. The van der Waals surface area contributed by atoms with Crippen LogP contribution in [0.25, 0.3) is 0 Å². The Kier molecular flexibility index (Phi) is 4.29. The first kappa shape index (κ1) is 12.3. The number of hydrogen-bond donors (Lipinski definition) is 0. The van der Waals surface area contributed by atoms with Gasteiger partial charge < -0.3 is 0 Å². The zero-order valence-corrected chi connectivity index (χ0v) is 11.2. The van der Waals surface area contributed by atoms with Crippen molar-refractivity contribution >= 4 is 11.3 Å². The maximum atomic E-state index is 4.37. The number of hydrogen-bond acceptors (Lipinski definition) is 3. The largest absolute Gasteiger partial charge is 0.299 e. The second-order valence-corrected chi connectivity index (χ2v) is 5.20. The number of aromatic nitrogens is 1. The third-order valence-corrected chi connectivity index (χ3v) is 3.73. The van der Waals surface area contributed by atoms with Crippen LogP contribution >= 0.6 is 11.3 Å². The maximum Gasteiger partial charge on any atom is 0.0419 e. The first-order valence-electron chi connectivity index (χ1n) is 5.87. The van der Waals surface area contributed by atoms with Gasteiger partial charge in [0.15, 0.2) is 0 Å². The van der Waals surface area contributed by atoms with Crippen molar-refractivity contribution < 1.29 is 0 Å². The van der Waals surface area contributed by atoms with Crippen LogP contribution in [0.1, 0.15) is 18.2 Å². The van der Waals surface area contributed by atoms with E-state index >= 15 is 0 Å². The molecule has 2 aromatic rings. The molecule has 0 amide bonds. The molecule has 0 saturated carbocycles. The molecule has 2 heterocycles. The molecule has 0 fully saturated rings. The fourth-order valence-corrected chi connectivity index (χ4v) is 2.46. The average molecular weight is 246 g/mol. The van der Waals surface area contributed by atoms with Crippen molar-refractivity contribution in [3.05, 3.63) is 52.5 Å². The number of thiophene rings is 1. The Labute approximate surface area is 107 Å². The highest BCUT2D eigenvalue weighted by Gasteiger charge is 2.11. The fourth-order valence-electron chi connectivity index (χ4n) is 1.80. The van der Waals surface area contributed by atoms with Gasteiger partial charge in [0.25, 0.3) is 0 Å². The predicted octanol–water partition coefficient (Wildman–Crippen LogP) is 3.21. The number of rotatable bonds is 5. The molecule has 0 radical (unpaired) electrons. The van der Waals surface area contributed by atoms with Crippen LogP contribution in [0.2, 0.25) is 0 Å². The number of likely N-dealkylation sites (N-methyl/N-ethyl adjacent to an activating group) is 1. The predicted molar refractivity (Wildman–Crippen MR) is 73.2 cm³/mol. The Balaban J connectivity index is 1.89. The van der Waals surface area contributed by atoms with Gasteiger partial charge >= 0.3 is 0 Å². The zero-order valence-electron chi connectivity index (χ0n) is 10.3. The van der Waals surface area contributed by atoms with Crippen molar-refractivity contribution in [3.63, 3.8) is 0 Å². The van der Waals surface area contributed by atoms with Crippen molar-refractivity contribution in [3.8, 4) is 0 Å². The third-order valence-electron chi connectivity index (χ3n) is 3.00. The normalized spacial score (nSPS) is 12.9. The molecule has 0 spiro atoms. The standard InChI is InChI=1S/C14H18N2S/c1-12(9-14-5-3-4-7-15-14)16(2)10-13-6-8-17-11-13/h3-8,11-12H,9-10H2,1-2H3/t12-/m0/s1. The van der Waals surface area contributed by atoms with Crippen LogP contribution in [0.15, 0.2) is 41.2 Å². The molecule has 17 heavy (non-hydrogen) atoms. The first-order chi connectivity index (χ1) is 8.25. The summed E-state index contributed by atoms with van der Waals surface area (Å²) in [5, 5.41) is 4.34. The lowest BCUT2D eigenvalue weighted by Crippen LogP contribution is -2.30. The average Bonchev–Trinajstić information content (AvgIpc) is 2.83. The molecule has 90 valence electrons. The van der Waals surface area contributed by atoms with E-state index < -0.39 is 0 Å². The van der Waals surface area contributed by atoms with Gasteiger partial charge in [-0.2, -0.15) is 11.3 Å². The highest BCUT2D eigenvalue weighted by molar-refractivity contribution is 7.07. The van der Waals surface area contributed by atoms with Crippen molar-refractivity contribution in [2.75, 3.05) is 7.05 Å². The van der Waals surface area contributed by atoms with E-state index in [2.05, 4.69) is 46.7 Å². The van der Waals surface area contributed by atoms with Crippen molar-refractivity contribution in [1.29, 1.82) is 0 Å². The lowest BCUT2D eigenvalue weighted by Gasteiger charge is -2.24. The molecule has 0 aliphatic heterocycles. The SMILES string of the molecule is C[C@@H](Cc1ccccn1)N(C)Cc1ccsc1. The van der Waals surface area contributed by atoms with Crippen LogP contribution in [-0.2, 0) is 13.0 Å². The van der Waals surface area contributed by atoms with E-state index in [1.165, 1.54) is 5.56 Å². The Morgan fingerprint density at radius 1 is 1.35 bits per heavy atom. The molecule has 0 saturated heterocycles. The Hall–Kier alpha value is -1.19. The highest BCUT2D eigenvalue weighted by atomic mass is 32.1. The second-order valence-electron chi connectivity index (χ2n) is 4.42. The maximum absolute atomic E-state index is 4.37. The van der Waals surface area contributed by atoms with Gasteiger partial charge in [-0.05, 0) is 48.5 Å². The Morgan fingerprint density at radius 2 is 2.24 bits per heavy atom. The molecule has 0 aliphatic carbocycles. The Morgan fingerprint density at radius 3 is 2.88 bits per heavy atom. The van der Waals surface area contributed by atoms with Crippen molar-refractivity contribution in [1.82, 2.24) is 9.88 Å². The fraction of sp³-hybridized carbons (Fsp3) is 0.357. The van der Waals surface area contributed by atoms with E-state index in [9.17, 15) is 0 Å². The van der Waals surface area contributed by atoms with E-state index in [4.69, 9.17) is 0 Å². The summed E-state index contributed by atoms with van der Waals surface area (Å²) in [5.74, 6) is 0. The summed E-state index contributed by atoms with van der Waals surface area (Å²) in [6.45, 7) is 3.26. The summed E-state index contributed by atoms with van der Waals surface area (Å²) in [4.78, 5) is 6.75. The topological polar surface area (TPSA) is 16.1 Å². The lowest BCUT2D eigenvalue weighted by molar-refractivity contribution is 0.247. The molecule has 3 heteroatoms. The summed E-state index contributed by atoms with van der Waals surface area (Å²) in [7, 11) is 2.17. The van der Waals surface area contributed by atoms with Crippen LogP contribution < -0.4 is 0 Å². The van der Waals surface area contributed by atoms with Gasteiger partial charge in [0, 0.05) is 30.9 Å². The van der Waals surface area contributed by atoms with Gasteiger partial charge in [-0.1, -0.05) is 6.07 Å². The van der Waals surface area contributed by atoms with Gasteiger partial charge in [-0.3, -0.25) is 9.88 Å². The van der Waals surface area contributed by atoms with Crippen LogP contribution in [0, 0.1) is 0 Å². The monoisotopic (exact) mass is 246 g/mol. The van der Waals surface area contributed by atoms with Crippen molar-refractivity contribution in [2.24, 2.45) is 0 Å². The van der Waals surface area contributed by atoms with Gasteiger partial charge in [0.05, 0.1) is 0 Å². The summed E-state index contributed by atoms with van der Waals surface area (Å²) in [6.07, 6.45) is 2.86. The van der Waals surface area contributed by atoms with Gasteiger partial charge in [-0.25, -0.2) is 0 Å². The molecule has 1 atom stereocenters. The van der Waals surface area contributed by atoms with Gasteiger partial charge in [0.2, 0.25) is 0 Å². The van der Waals surface area contributed by atoms with E-state index in [0.29, 0.717) is 6.04 Å². The number of pyridine rings is 1. The molecular formula is C14H18N2S. The third kappa shape index (κ3) is 3.65. The van der Waals surface area contributed by atoms with E-state index in [0.717, 1.165) is 18.7 Å². The summed E-state index contributed by atoms with van der Waals surface area (Å²) in [5.41, 5.74) is 2.56. The van der Waals surface area contributed by atoms with Crippen LogP contribution in [0.5, 0.6) is 0 Å². The zero-order chi connectivity index (χ0) is 12.1. The molecule has 0 aromatic carbocycles. The lowest BCUT2D eigenvalue weighted by atomic mass is 10.1. The van der Waals surface area contributed by atoms with Gasteiger partial charge in [-0.15, -0.1) is 0 Å². The smallest absolute Gasteiger partial charge is 0.0419 e. The van der Waals surface area contributed by atoms with E-state index in [1.807, 2.05) is 18.3 Å². The van der Waals surface area contributed by atoms with Gasteiger partial charge in [0.1, 0.15) is 0 Å². The highest BCUT2D eigenvalue weighted by Crippen LogP contribution is 2.12. The van der Waals surface area contributed by atoms with Crippen LogP contribution in [0.3, 0.4) is 0 Å². The summed E-state index contributed by atoms with van der Waals surface area (Å²) in [6, 6.07) is 8.80. The van der Waals surface area contributed by atoms with Crippen LogP contribution in [-0.4, -0.2) is 23.0 Å². The molecule has 2 rings (SSSR count). The first-order valence-corrected chi connectivity index (χ1v) is 6.81. The van der Waals surface area contributed by atoms with E-state index in [-0.39, 0.29) is 0 Å². The minimum Gasteiger partial charge on any atom is -0.299 e.